The van der Waals surface area contributed by atoms with Gasteiger partial charge in [-0.05, 0) is 18.6 Å². The Kier molecular flexibility index (Phi) is 7.77. The third kappa shape index (κ3) is 6.60. The molecule has 0 aliphatic rings. The summed E-state index contributed by atoms with van der Waals surface area (Å²) in [5.74, 6) is -0.388. The Hall–Kier alpha value is -3.62. The number of nitrogens with one attached hydrogen (secondary N) is 3. The molecule has 0 unspecified atom stereocenters. The van der Waals surface area contributed by atoms with Crippen molar-refractivity contribution in [2.45, 2.75) is 19.6 Å². The highest BCUT2D eigenvalue weighted by Gasteiger charge is 2.16. The van der Waals surface area contributed by atoms with E-state index in [2.05, 4.69) is 16.0 Å². The van der Waals surface area contributed by atoms with Gasteiger partial charge < -0.3 is 20.7 Å². The van der Waals surface area contributed by atoms with Gasteiger partial charge in [0.25, 0.3) is 5.69 Å². The van der Waals surface area contributed by atoms with Gasteiger partial charge in [-0.15, -0.1) is 0 Å². The van der Waals surface area contributed by atoms with Crippen molar-refractivity contribution in [3.05, 3.63) is 70.3 Å². The second kappa shape index (κ2) is 10.5. The average molecular weight is 386 g/mol. The molecular weight excluding hydrogens is 364 g/mol. The zero-order chi connectivity index (χ0) is 20.4. The van der Waals surface area contributed by atoms with E-state index < -0.39 is 17.1 Å². The van der Waals surface area contributed by atoms with E-state index in [-0.39, 0.29) is 24.7 Å². The quantitative estimate of drug-likeness (QED) is 0.346. The van der Waals surface area contributed by atoms with Crippen LogP contribution in [0.1, 0.15) is 12.5 Å². The van der Waals surface area contributed by atoms with E-state index >= 15 is 0 Å². The molecule has 0 aliphatic heterocycles. The number of nitro groups is 1. The first kappa shape index (κ1) is 20.7. The first-order valence-electron chi connectivity index (χ1n) is 8.69. The molecule has 3 N–H and O–H groups in total. The van der Waals surface area contributed by atoms with Gasteiger partial charge in [-0.2, -0.15) is 0 Å². The Morgan fingerprint density at radius 1 is 1.07 bits per heavy atom. The number of hydrogen-bond donors (Lipinski definition) is 3. The van der Waals surface area contributed by atoms with E-state index in [9.17, 15) is 19.7 Å². The summed E-state index contributed by atoms with van der Waals surface area (Å²) in [4.78, 5) is 34.2. The largest absolute Gasteiger partial charge is 0.445 e. The number of nitrogens with zero attached hydrogens (tertiary/aromatic N) is 1. The predicted octanol–water partition coefficient (Wildman–Crippen LogP) is 2.44. The number of rotatable bonds is 9. The van der Waals surface area contributed by atoms with Crippen molar-refractivity contribution in [3.8, 4) is 0 Å². The van der Waals surface area contributed by atoms with E-state index in [0.29, 0.717) is 12.2 Å². The third-order valence-electron chi connectivity index (χ3n) is 3.78. The van der Waals surface area contributed by atoms with E-state index in [0.717, 1.165) is 5.56 Å². The third-order valence-corrected chi connectivity index (χ3v) is 3.78. The molecule has 148 valence electrons. The van der Waals surface area contributed by atoms with Gasteiger partial charge in [-0.1, -0.05) is 42.5 Å². The molecule has 9 heteroatoms. The number of anilines is 1. The van der Waals surface area contributed by atoms with Crippen LogP contribution < -0.4 is 16.0 Å². The normalized spacial score (nSPS) is 11.2. The lowest BCUT2D eigenvalue weighted by atomic mass is 10.2. The average Bonchev–Trinajstić information content (AvgIpc) is 2.70. The molecule has 0 saturated heterocycles. The maximum atomic E-state index is 12.0. The fraction of sp³-hybridized carbons (Fsp3) is 0.263. The van der Waals surface area contributed by atoms with Crippen LogP contribution >= 0.6 is 0 Å². The molecule has 0 saturated carbocycles. The van der Waals surface area contributed by atoms with E-state index in [1.807, 2.05) is 30.3 Å². The highest BCUT2D eigenvalue weighted by Crippen LogP contribution is 2.22. The van der Waals surface area contributed by atoms with Gasteiger partial charge in [0, 0.05) is 19.2 Å². The molecule has 0 bridgehead atoms. The smallest absolute Gasteiger partial charge is 0.408 e. The summed E-state index contributed by atoms with van der Waals surface area (Å²) in [5.41, 5.74) is 1.18. The standard InChI is InChI=1S/C19H22N4O5/c1-14(22-19(25)28-13-15-7-3-2-4-8-15)18(24)21-12-11-20-16-9-5-6-10-17(16)23(26)27/h2-10,14,20H,11-13H2,1H3,(H,21,24)(H,22,25)/t14-/m0/s1. The SMILES string of the molecule is C[C@H](NC(=O)OCc1ccccc1)C(=O)NCCNc1ccccc1[N+](=O)[O-]. The molecular formula is C19H22N4O5. The lowest BCUT2D eigenvalue weighted by molar-refractivity contribution is -0.384. The molecule has 0 radical (unpaired) electrons. The fourth-order valence-electron chi connectivity index (χ4n) is 2.33. The lowest BCUT2D eigenvalue weighted by Gasteiger charge is -2.14. The number of carbonyl (C=O) groups is 2. The Balaban J connectivity index is 1.68. The molecule has 0 aromatic heterocycles. The highest BCUT2D eigenvalue weighted by molar-refractivity contribution is 5.85. The predicted molar refractivity (Wildman–Crippen MR) is 104 cm³/mol. The second-order valence-electron chi connectivity index (χ2n) is 5.92. The van der Waals surface area contributed by atoms with E-state index in [1.165, 1.54) is 13.0 Å². The van der Waals surface area contributed by atoms with Crippen LogP contribution in [0, 0.1) is 10.1 Å². The highest BCUT2D eigenvalue weighted by atomic mass is 16.6. The summed E-state index contributed by atoms with van der Waals surface area (Å²) in [6.45, 7) is 2.17. The van der Waals surface area contributed by atoms with Crippen LogP contribution in [0.5, 0.6) is 0 Å². The summed E-state index contributed by atoms with van der Waals surface area (Å²) in [6.07, 6.45) is -0.690. The van der Waals surface area contributed by atoms with Crippen LogP contribution in [0.25, 0.3) is 0 Å². The van der Waals surface area contributed by atoms with Crippen molar-refractivity contribution < 1.29 is 19.2 Å². The topological polar surface area (TPSA) is 123 Å². The van der Waals surface area contributed by atoms with Crippen molar-refractivity contribution >= 4 is 23.4 Å². The van der Waals surface area contributed by atoms with Gasteiger partial charge in [0.15, 0.2) is 0 Å². The Bertz CT molecular complexity index is 813. The Morgan fingerprint density at radius 3 is 2.46 bits per heavy atom. The zero-order valence-corrected chi connectivity index (χ0v) is 15.4. The van der Waals surface area contributed by atoms with Crippen LogP contribution in [0.3, 0.4) is 0 Å². The summed E-state index contributed by atoms with van der Waals surface area (Å²) in [7, 11) is 0. The minimum atomic E-state index is -0.783. The second-order valence-corrected chi connectivity index (χ2v) is 5.92. The van der Waals surface area contributed by atoms with Crippen LogP contribution in [0.15, 0.2) is 54.6 Å². The summed E-state index contributed by atoms with van der Waals surface area (Å²) in [6, 6.07) is 14.7. The monoisotopic (exact) mass is 386 g/mol. The maximum absolute atomic E-state index is 12.0. The lowest BCUT2D eigenvalue weighted by Crippen LogP contribution is -2.46. The zero-order valence-electron chi connectivity index (χ0n) is 15.4. The number of nitro benzene ring substituents is 1. The van der Waals surface area contributed by atoms with Crippen molar-refractivity contribution in [3.63, 3.8) is 0 Å². The van der Waals surface area contributed by atoms with E-state index in [4.69, 9.17) is 4.74 Å². The van der Waals surface area contributed by atoms with Crippen LogP contribution in [-0.2, 0) is 16.1 Å². The molecule has 0 aliphatic carbocycles. The summed E-state index contributed by atoms with van der Waals surface area (Å²) < 4.78 is 5.06. The molecule has 0 heterocycles. The van der Waals surface area contributed by atoms with E-state index in [1.54, 1.807) is 18.2 Å². The first-order chi connectivity index (χ1) is 13.5. The number of ether oxygens (including phenoxy) is 1. The number of para-hydroxylation sites is 2. The molecule has 2 aromatic carbocycles. The summed E-state index contributed by atoms with van der Waals surface area (Å²) in [5, 5.41) is 18.9. The summed E-state index contributed by atoms with van der Waals surface area (Å²) >= 11 is 0. The van der Waals surface area contributed by atoms with Gasteiger partial charge in [-0.25, -0.2) is 4.79 Å². The van der Waals surface area contributed by atoms with Gasteiger partial charge in [0.1, 0.15) is 18.3 Å². The number of hydrogen-bond acceptors (Lipinski definition) is 6. The van der Waals surface area contributed by atoms with Crippen molar-refractivity contribution in [1.82, 2.24) is 10.6 Å². The molecule has 0 spiro atoms. The maximum Gasteiger partial charge on any atom is 0.408 e. The molecule has 9 nitrogen and oxygen atoms in total. The number of benzene rings is 2. The molecule has 2 rings (SSSR count). The fourth-order valence-corrected chi connectivity index (χ4v) is 2.33. The van der Waals surface area contributed by atoms with Crippen LogP contribution in [-0.4, -0.2) is 36.1 Å². The Morgan fingerprint density at radius 2 is 1.75 bits per heavy atom. The van der Waals surface area contributed by atoms with Gasteiger partial charge in [0.05, 0.1) is 4.92 Å². The molecule has 1 atom stereocenters. The number of alkyl carbamates (subject to hydrolysis) is 1. The molecule has 2 aromatic rings. The van der Waals surface area contributed by atoms with Crippen molar-refractivity contribution in [2.24, 2.45) is 0 Å². The van der Waals surface area contributed by atoms with Gasteiger partial charge >= 0.3 is 6.09 Å². The minimum absolute atomic E-state index is 0.0370. The number of carbonyl (C=O) groups excluding carboxylic acids is 2. The van der Waals surface area contributed by atoms with Crippen molar-refractivity contribution in [2.75, 3.05) is 18.4 Å². The number of amides is 2. The molecule has 0 fully saturated rings. The van der Waals surface area contributed by atoms with Crippen LogP contribution in [0.2, 0.25) is 0 Å². The van der Waals surface area contributed by atoms with Gasteiger partial charge in [0.2, 0.25) is 5.91 Å². The molecule has 2 amide bonds. The minimum Gasteiger partial charge on any atom is -0.445 e. The van der Waals surface area contributed by atoms with Gasteiger partial charge in [-0.3, -0.25) is 14.9 Å². The van der Waals surface area contributed by atoms with Crippen molar-refractivity contribution in [1.29, 1.82) is 0 Å². The molecule has 28 heavy (non-hydrogen) atoms. The van der Waals surface area contributed by atoms with Crippen LogP contribution in [0.4, 0.5) is 16.2 Å². The Labute approximate surface area is 162 Å². The first-order valence-corrected chi connectivity index (χ1v) is 8.69.